The third-order valence-electron chi connectivity index (χ3n) is 4.11. The molecule has 0 nitrogen and oxygen atoms in total. The minimum absolute atomic E-state index is 1.07. The van der Waals surface area contributed by atoms with E-state index in [0.29, 0.717) is 0 Å². The molecule has 2 rings (SSSR count). The van der Waals surface area contributed by atoms with Gasteiger partial charge in [-0.2, -0.15) is 0 Å². The van der Waals surface area contributed by atoms with Crippen molar-refractivity contribution >= 4 is 0 Å². The molecule has 0 aromatic heterocycles. The van der Waals surface area contributed by atoms with Gasteiger partial charge in [-0.15, -0.1) is 0 Å². The van der Waals surface area contributed by atoms with E-state index in [4.69, 9.17) is 0 Å². The van der Waals surface area contributed by atoms with Crippen LogP contribution in [0, 0.1) is 11.8 Å². The van der Waals surface area contributed by atoms with Crippen LogP contribution in [0.3, 0.4) is 0 Å². The van der Waals surface area contributed by atoms with Crippen LogP contribution >= 0.6 is 0 Å². The summed E-state index contributed by atoms with van der Waals surface area (Å²) in [7, 11) is 0. The van der Waals surface area contributed by atoms with Gasteiger partial charge in [0.15, 0.2) is 0 Å². The van der Waals surface area contributed by atoms with E-state index in [1.54, 1.807) is 0 Å². The highest BCUT2D eigenvalue weighted by Gasteiger charge is 2.20. The van der Waals surface area contributed by atoms with Crippen molar-refractivity contribution in [3.8, 4) is 0 Å². The summed E-state index contributed by atoms with van der Waals surface area (Å²) in [6.45, 7) is 0. The zero-order valence-corrected chi connectivity index (χ0v) is 9.56. The maximum absolute atomic E-state index is 1.92. The highest BCUT2D eigenvalue weighted by Crippen LogP contribution is 2.35. The molecule has 0 heterocycles. The van der Waals surface area contributed by atoms with Gasteiger partial charge in [0.2, 0.25) is 0 Å². The lowest BCUT2D eigenvalue weighted by Gasteiger charge is -2.25. The standard InChI is InChI=1S/C14H25/c1-2-5-9-13(8-4-1)12-14-10-6-3-7-11-14/h13H,1-12H2. The van der Waals surface area contributed by atoms with Gasteiger partial charge in [0.05, 0.1) is 0 Å². The molecule has 81 valence electrons. The summed E-state index contributed by atoms with van der Waals surface area (Å²) in [5, 5.41) is 0. The molecular formula is C14H25. The van der Waals surface area contributed by atoms with Crippen molar-refractivity contribution in [1.82, 2.24) is 0 Å². The Bertz CT molecular complexity index is 136. The Morgan fingerprint density at radius 2 is 1.29 bits per heavy atom. The zero-order valence-electron chi connectivity index (χ0n) is 9.56. The van der Waals surface area contributed by atoms with Gasteiger partial charge in [0.25, 0.3) is 0 Å². The molecule has 0 aromatic rings. The molecular weight excluding hydrogens is 168 g/mol. The summed E-state index contributed by atoms with van der Waals surface area (Å²) < 4.78 is 0. The second kappa shape index (κ2) is 5.78. The largest absolute Gasteiger partial charge is 0.0533 e. The molecule has 0 heteroatoms. The molecule has 0 saturated heterocycles. The quantitative estimate of drug-likeness (QED) is 0.548. The monoisotopic (exact) mass is 193 g/mol. The van der Waals surface area contributed by atoms with Crippen molar-refractivity contribution in [2.45, 2.75) is 77.0 Å². The smallest absolute Gasteiger partial charge is 0.0238 e. The Kier molecular flexibility index (Phi) is 4.34. The van der Waals surface area contributed by atoms with Crippen LogP contribution in [-0.4, -0.2) is 0 Å². The third-order valence-corrected chi connectivity index (χ3v) is 4.11. The first-order valence-electron chi connectivity index (χ1n) is 6.79. The topological polar surface area (TPSA) is 0 Å². The molecule has 2 aliphatic rings. The van der Waals surface area contributed by atoms with E-state index in [1.165, 1.54) is 77.0 Å². The minimum Gasteiger partial charge on any atom is -0.0533 e. The summed E-state index contributed by atoms with van der Waals surface area (Å²) in [6, 6.07) is 0. The summed E-state index contributed by atoms with van der Waals surface area (Å²) >= 11 is 0. The van der Waals surface area contributed by atoms with E-state index in [9.17, 15) is 0 Å². The summed E-state index contributed by atoms with van der Waals surface area (Å²) in [6.07, 6.45) is 18.0. The van der Waals surface area contributed by atoms with Gasteiger partial charge >= 0.3 is 0 Å². The highest BCUT2D eigenvalue weighted by molar-refractivity contribution is 4.94. The molecule has 2 saturated carbocycles. The van der Waals surface area contributed by atoms with Crippen LogP contribution in [0.4, 0.5) is 0 Å². The first-order chi connectivity index (χ1) is 6.95. The van der Waals surface area contributed by atoms with Crippen LogP contribution in [-0.2, 0) is 0 Å². The van der Waals surface area contributed by atoms with Crippen LogP contribution in [0.1, 0.15) is 77.0 Å². The summed E-state index contributed by atoms with van der Waals surface area (Å²) in [5.74, 6) is 2.99. The molecule has 2 aliphatic carbocycles. The Hall–Kier alpha value is 0. The molecule has 2 fully saturated rings. The summed E-state index contributed by atoms with van der Waals surface area (Å²) in [4.78, 5) is 0. The van der Waals surface area contributed by atoms with E-state index in [1.807, 2.05) is 5.92 Å². The van der Waals surface area contributed by atoms with Crippen LogP contribution in [0.15, 0.2) is 0 Å². The lowest BCUT2D eigenvalue weighted by molar-refractivity contribution is 0.391. The molecule has 0 aliphatic heterocycles. The molecule has 0 N–H and O–H groups in total. The number of rotatable bonds is 2. The van der Waals surface area contributed by atoms with Crippen LogP contribution in [0.5, 0.6) is 0 Å². The van der Waals surface area contributed by atoms with Gasteiger partial charge in [0, 0.05) is 0 Å². The fraction of sp³-hybridized carbons (Fsp3) is 0.929. The molecule has 0 bridgehead atoms. The van der Waals surface area contributed by atoms with E-state index in [-0.39, 0.29) is 0 Å². The van der Waals surface area contributed by atoms with Crippen LogP contribution in [0.2, 0.25) is 0 Å². The molecule has 0 amide bonds. The number of hydrogen-bond donors (Lipinski definition) is 0. The van der Waals surface area contributed by atoms with Crippen LogP contribution in [0.25, 0.3) is 0 Å². The molecule has 0 unspecified atom stereocenters. The van der Waals surface area contributed by atoms with Gasteiger partial charge in [-0.3, -0.25) is 0 Å². The Morgan fingerprint density at radius 1 is 0.714 bits per heavy atom. The van der Waals surface area contributed by atoms with Crippen molar-refractivity contribution in [2.24, 2.45) is 5.92 Å². The predicted molar refractivity (Wildman–Crippen MR) is 62.1 cm³/mol. The van der Waals surface area contributed by atoms with E-state index < -0.39 is 0 Å². The first kappa shape index (κ1) is 10.5. The maximum atomic E-state index is 1.92. The first-order valence-corrected chi connectivity index (χ1v) is 6.79. The molecule has 14 heavy (non-hydrogen) atoms. The summed E-state index contributed by atoms with van der Waals surface area (Å²) in [5.41, 5.74) is 0. The van der Waals surface area contributed by atoms with Gasteiger partial charge in [0.1, 0.15) is 0 Å². The second-order valence-electron chi connectivity index (χ2n) is 5.37. The van der Waals surface area contributed by atoms with Crippen molar-refractivity contribution in [1.29, 1.82) is 0 Å². The zero-order chi connectivity index (χ0) is 9.64. The van der Waals surface area contributed by atoms with Gasteiger partial charge < -0.3 is 0 Å². The normalized spacial score (nSPS) is 27.4. The SMILES string of the molecule is C1CC[C](CC2CCCCCC2)CC1. The fourth-order valence-electron chi connectivity index (χ4n) is 3.23. The minimum atomic E-state index is 1.07. The van der Waals surface area contributed by atoms with Gasteiger partial charge in [-0.1, -0.05) is 57.8 Å². The van der Waals surface area contributed by atoms with Crippen molar-refractivity contribution in [3.05, 3.63) is 5.92 Å². The lowest BCUT2D eigenvalue weighted by Crippen LogP contribution is -2.10. The fourth-order valence-corrected chi connectivity index (χ4v) is 3.23. The molecule has 1 radical (unpaired) electrons. The predicted octanol–water partition coefficient (Wildman–Crippen LogP) is 4.89. The van der Waals surface area contributed by atoms with Crippen LogP contribution < -0.4 is 0 Å². The van der Waals surface area contributed by atoms with Crippen molar-refractivity contribution < 1.29 is 0 Å². The maximum Gasteiger partial charge on any atom is -0.0238 e. The second-order valence-corrected chi connectivity index (χ2v) is 5.37. The molecule has 0 aromatic carbocycles. The van der Waals surface area contributed by atoms with E-state index in [0.717, 1.165) is 5.92 Å². The highest BCUT2D eigenvalue weighted by atomic mass is 14.3. The molecule has 0 atom stereocenters. The Labute approximate surface area is 89.5 Å². The van der Waals surface area contributed by atoms with Crippen molar-refractivity contribution in [3.63, 3.8) is 0 Å². The third kappa shape index (κ3) is 3.29. The van der Waals surface area contributed by atoms with Crippen molar-refractivity contribution in [2.75, 3.05) is 0 Å². The average molecular weight is 193 g/mol. The Morgan fingerprint density at radius 3 is 1.93 bits per heavy atom. The number of hydrogen-bond acceptors (Lipinski definition) is 0. The van der Waals surface area contributed by atoms with Gasteiger partial charge in [-0.25, -0.2) is 0 Å². The Balaban J connectivity index is 1.71. The average Bonchev–Trinajstić information content (AvgIpc) is 2.48. The van der Waals surface area contributed by atoms with E-state index in [2.05, 4.69) is 0 Å². The van der Waals surface area contributed by atoms with E-state index >= 15 is 0 Å². The lowest BCUT2D eigenvalue weighted by atomic mass is 9.80. The van der Waals surface area contributed by atoms with Gasteiger partial charge in [-0.05, 0) is 31.1 Å². The molecule has 0 spiro atoms.